The Labute approximate surface area is 310 Å². The molecule has 0 N–H and O–H groups in total. The number of allylic oxidation sites excluding steroid dienone is 4. The molecule has 240 valence electrons. The second-order valence-electron chi connectivity index (χ2n) is 13.9. The maximum atomic E-state index is 4.45. The van der Waals surface area contributed by atoms with Gasteiger partial charge in [0.2, 0.25) is 0 Å². The maximum Gasteiger partial charge on any atom is 2.00 e. The standard InChI is InChI=1S/C27H29.2C8H9.2ClH.Zr/c1-17-14-22-21-13-12-20(26(2,3)4)15-19(21)16-23(22)24(18-10-8-9-11-18)25(17)27(5,6)7;2*1-7-5-3-4-6-8(7)2;;;/h8-10,12-15H,1,11H2,2-7H3;2*3,5-6H,1-2H3;2*1H;/q3*-1;;;+2/p-2. The largest absolute Gasteiger partial charge is 2.00 e. The van der Waals surface area contributed by atoms with Crippen LogP contribution in [0.3, 0.4) is 0 Å². The van der Waals surface area contributed by atoms with Gasteiger partial charge in [0, 0.05) is 0 Å². The minimum atomic E-state index is 0. The van der Waals surface area contributed by atoms with Crippen LogP contribution in [0.4, 0.5) is 0 Å². The van der Waals surface area contributed by atoms with E-state index in [0.29, 0.717) is 0 Å². The van der Waals surface area contributed by atoms with Crippen molar-refractivity contribution in [3.63, 3.8) is 0 Å². The third-order valence-corrected chi connectivity index (χ3v) is 8.39. The molecular weight excluding hydrogens is 679 g/mol. The second-order valence-corrected chi connectivity index (χ2v) is 13.9. The molecule has 6 rings (SSSR count). The van der Waals surface area contributed by atoms with Crippen molar-refractivity contribution in [1.29, 1.82) is 0 Å². The molecule has 0 bridgehead atoms. The number of rotatable bonds is 1. The van der Waals surface area contributed by atoms with Crippen molar-refractivity contribution >= 4 is 18.2 Å². The van der Waals surface area contributed by atoms with Gasteiger partial charge in [-0.2, -0.15) is 70.8 Å². The van der Waals surface area contributed by atoms with Crippen LogP contribution in [0.5, 0.6) is 0 Å². The summed E-state index contributed by atoms with van der Waals surface area (Å²) in [7, 11) is 0. The summed E-state index contributed by atoms with van der Waals surface area (Å²) in [5.41, 5.74) is 14.7. The monoisotopic (exact) mass is 723 g/mol. The van der Waals surface area contributed by atoms with Crippen LogP contribution in [0.15, 0.2) is 78.9 Å². The minimum absolute atomic E-state index is 0. The van der Waals surface area contributed by atoms with Crippen LogP contribution in [0, 0.1) is 39.8 Å². The van der Waals surface area contributed by atoms with Gasteiger partial charge in [-0.05, 0) is 22.5 Å². The van der Waals surface area contributed by atoms with Crippen LogP contribution in [0.1, 0.15) is 92.5 Å². The van der Waals surface area contributed by atoms with Crippen LogP contribution in [-0.4, -0.2) is 0 Å². The molecule has 46 heavy (non-hydrogen) atoms. The van der Waals surface area contributed by atoms with E-state index in [1.807, 2.05) is 24.3 Å². The molecule has 0 atom stereocenters. The molecule has 0 spiro atoms. The Kier molecular flexibility index (Phi) is 15.5. The molecule has 0 unspecified atom stereocenters. The first-order chi connectivity index (χ1) is 20.2. The molecule has 0 saturated heterocycles. The molecule has 0 heterocycles. The number of halogens is 2. The molecule has 2 aliphatic rings. The average molecular weight is 726 g/mol. The van der Waals surface area contributed by atoms with Gasteiger partial charge in [0.15, 0.2) is 0 Å². The summed E-state index contributed by atoms with van der Waals surface area (Å²) in [6.45, 7) is 26.5. The molecule has 0 aromatic heterocycles. The van der Waals surface area contributed by atoms with Crippen molar-refractivity contribution < 1.29 is 51.0 Å². The molecular formula is C43H47Cl2Zr-3. The summed E-state index contributed by atoms with van der Waals surface area (Å²) in [4.78, 5) is 0. The SMILES string of the molecule is C=c1cc2c(c(C3=CC=CC3)c1C(C)(C)C)=[C-]c1cc(C(C)(C)C)ccc1-2.Cc1c[c-]ccc1C.Cc1c[c-]ccc1C.[Cl-].[Cl-].[Zr+2]. The van der Waals surface area contributed by atoms with Crippen molar-refractivity contribution in [3.05, 3.63) is 146 Å². The van der Waals surface area contributed by atoms with Crippen molar-refractivity contribution in [2.75, 3.05) is 0 Å². The maximum absolute atomic E-state index is 4.45. The van der Waals surface area contributed by atoms with Gasteiger partial charge in [-0.25, -0.2) is 0 Å². The van der Waals surface area contributed by atoms with E-state index in [1.165, 1.54) is 66.4 Å². The summed E-state index contributed by atoms with van der Waals surface area (Å²) in [5.74, 6) is 0. The zero-order chi connectivity index (χ0) is 31.5. The number of fused-ring (bicyclic) bond motifs is 3. The Morgan fingerprint density at radius 3 is 1.67 bits per heavy atom. The fourth-order valence-electron chi connectivity index (χ4n) is 5.56. The number of aryl methyl sites for hydroxylation is 4. The van der Waals surface area contributed by atoms with Gasteiger partial charge in [0.1, 0.15) is 0 Å². The zero-order valence-electron chi connectivity index (χ0n) is 29.2. The fraction of sp³-hybridized carbons (Fsp3) is 0.302. The van der Waals surface area contributed by atoms with E-state index in [4.69, 9.17) is 0 Å². The van der Waals surface area contributed by atoms with Gasteiger partial charge in [0.05, 0.1) is 0 Å². The van der Waals surface area contributed by atoms with E-state index < -0.39 is 0 Å². The third-order valence-electron chi connectivity index (χ3n) is 8.39. The Morgan fingerprint density at radius 1 is 0.696 bits per heavy atom. The van der Waals surface area contributed by atoms with Gasteiger partial charge in [-0.1, -0.05) is 135 Å². The van der Waals surface area contributed by atoms with Crippen LogP contribution in [0.2, 0.25) is 0 Å². The summed E-state index contributed by atoms with van der Waals surface area (Å²) in [6, 6.07) is 27.1. The molecule has 0 aliphatic heterocycles. The molecule has 4 aromatic carbocycles. The zero-order valence-corrected chi connectivity index (χ0v) is 33.1. The smallest absolute Gasteiger partial charge is 1.00 e. The van der Waals surface area contributed by atoms with Crippen LogP contribution in [0.25, 0.3) is 29.4 Å². The van der Waals surface area contributed by atoms with E-state index in [2.05, 4.69) is 149 Å². The Morgan fingerprint density at radius 2 is 1.26 bits per heavy atom. The molecule has 0 radical (unpaired) electrons. The molecule has 3 heteroatoms. The van der Waals surface area contributed by atoms with E-state index in [0.717, 1.165) is 11.6 Å². The summed E-state index contributed by atoms with van der Waals surface area (Å²) >= 11 is 0. The first-order valence-electron chi connectivity index (χ1n) is 15.4. The first-order valence-corrected chi connectivity index (χ1v) is 15.4. The van der Waals surface area contributed by atoms with Gasteiger partial charge in [0.25, 0.3) is 0 Å². The average Bonchev–Trinajstić information content (AvgIpc) is 3.59. The molecule has 0 amide bonds. The normalized spacial score (nSPS) is 12.3. The Bertz CT molecular complexity index is 1730. The van der Waals surface area contributed by atoms with Gasteiger partial charge in [-0.3, -0.25) is 0 Å². The van der Waals surface area contributed by atoms with E-state index in [9.17, 15) is 0 Å². The van der Waals surface area contributed by atoms with E-state index >= 15 is 0 Å². The predicted molar refractivity (Wildman–Crippen MR) is 188 cm³/mol. The molecule has 0 fully saturated rings. The minimum Gasteiger partial charge on any atom is -1.00 e. The Hall–Kier alpha value is -2.44. The number of benzene rings is 4. The quantitative estimate of drug-likeness (QED) is 0.230. The topological polar surface area (TPSA) is 0 Å². The third kappa shape index (κ3) is 9.79. The van der Waals surface area contributed by atoms with Crippen molar-refractivity contribution in [2.45, 2.75) is 86.5 Å². The molecule has 0 nitrogen and oxygen atoms in total. The summed E-state index contributed by atoms with van der Waals surface area (Å²) in [6.07, 6.45) is 11.4. The molecule has 2 aliphatic carbocycles. The van der Waals surface area contributed by atoms with Crippen molar-refractivity contribution in [3.8, 4) is 11.1 Å². The second kappa shape index (κ2) is 17.1. The van der Waals surface area contributed by atoms with Gasteiger partial charge >= 0.3 is 26.2 Å². The van der Waals surface area contributed by atoms with Gasteiger partial charge < -0.3 is 24.8 Å². The predicted octanol–water partition coefficient (Wildman–Crippen LogP) is 3.93. The van der Waals surface area contributed by atoms with Crippen LogP contribution in [-0.2, 0) is 37.0 Å². The van der Waals surface area contributed by atoms with Crippen molar-refractivity contribution in [2.24, 2.45) is 0 Å². The van der Waals surface area contributed by atoms with E-state index in [1.54, 1.807) is 0 Å². The fourth-order valence-corrected chi connectivity index (χ4v) is 5.56. The van der Waals surface area contributed by atoms with Gasteiger partial charge in [-0.15, -0.1) is 34.1 Å². The van der Waals surface area contributed by atoms with Crippen molar-refractivity contribution in [1.82, 2.24) is 0 Å². The molecule has 4 aromatic rings. The van der Waals surface area contributed by atoms with Crippen LogP contribution >= 0.6 is 0 Å². The number of hydrogen-bond acceptors (Lipinski definition) is 0. The first kappa shape index (κ1) is 41.6. The van der Waals surface area contributed by atoms with E-state index in [-0.39, 0.29) is 61.8 Å². The Balaban J connectivity index is 0.000000460. The molecule has 0 saturated carbocycles. The summed E-state index contributed by atoms with van der Waals surface area (Å²) < 4.78 is 0. The van der Waals surface area contributed by atoms with Crippen LogP contribution < -0.4 is 35.3 Å². The number of hydrogen-bond donors (Lipinski definition) is 0. The summed E-state index contributed by atoms with van der Waals surface area (Å²) in [5, 5.41) is 2.39.